The number of nitrogen functional groups attached to an aromatic ring is 1. The van der Waals surface area contributed by atoms with Crippen molar-refractivity contribution in [1.82, 2.24) is 20.2 Å². The minimum atomic E-state index is -1.21. The molecule has 0 bridgehead atoms. The average molecular weight is 547 g/mol. The number of oxime groups is 1. The summed E-state index contributed by atoms with van der Waals surface area (Å²) in [6, 6.07) is -0.913. The Morgan fingerprint density at radius 1 is 1.38 bits per heavy atom. The first-order valence-electron chi connectivity index (χ1n) is 9.44. The maximum atomic E-state index is 12.9. The molecule has 0 aromatic carbocycles. The molecule has 0 spiro atoms. The minimum absolute atomic E-state index is 0. The number of fused-ring (bicyclic) bond motifs is 1. The molecule has 0 radical (unpaired) electrons. The second-order valence-electron chi connectivity index (χ2n) is 6.87. The van der Waals surface area contributed by atoms with E-state index in [2.05, 4.69) is 20.4 Å². The summed E-state index contributed by atoms with van der Waals surface area (Å²) < 4.78 is 0. The van der Waals surface area contributed by atoms with Crippen molar-refractivity contribution in [1.29, 1.82) is 0 Å². The van der Waals surface area contributed by atoms with Crippen molar-refractivity contribution in [3.8, 4) is 0 Å². The van der Waals surface area contributed by atoms with Gasteiger partial charge in [-0.3, -0.25) is 14.5 Å². The molecule has 1 fully saturated rings. The van der Waals surface area contributed by atoms with Gasteiger partial charge in [0.2, 0.25) is 0 Å². The topological polar surface area (TPSA) is 160 Å². The quantitative estimate of drug-likeness (QED) is 0.196. The number of nitrogens with two attached hydrogens (primary N) is 1. The zero-order valence-electron chi connectivity index (χ0n) is 17.3. The Kier molecular flexibility index (Phi) is 9.08. The Balaban J connectivity index is 0.00000324. The van der Waals surface area contributed by atoms with E-state index in [9.17, 15) is 19.5 Å². The third-order valence-electron chi connectivity index (χ3n) is 4.87. The molecule has 174 valence electrons. The van der Waals surface area contributed by atoms with Gasteiger partial charge < -0.3 is 21.0 Å². The molecule has 2 atom stereocenters. The van der Waals surface area contributed by atoms with E-state index in [1.54, 1.807) is 23.0 Å². The van der Waals surface area contributed by atoms with Gasteiger partial charge in [0.1, 0.15) is 29.9 Å². The maximum absolute atomic E-state index is 12.9. The molecular formula is C19H19KN6O5S3. The predicted molar refractivity (Wildman–Crippen MR) is 133 cm³/mol. The standard InChI is InChI=1S/C19H18N6O5S3.K.H/c1-8-11(33-7-21-8)4-3-9-5-31-17-13(16(27)25(17)14(9)18(28)29)23-15(26)12(24-30-2)10-6-32-19(20)22-10;;/h3-4,6-7,13,17H,5H2,1-2H3,(H2,20,22)(H,23,26)(H,28,29);;/t13-,17-;;/m1../s1. The molecule has 34 heavy (non-hydrogen) atoms. The van der Waals surface area contributed by atoms with Crippen molar-refractivity contribution in [3.05, 3.63) is 44.5 Å². The van der Waals surface area contributed by atoms with Crippen LogP contribution in [0, 0.1) is 6.92 Å². The van der Waals surface area contributed by atoms with E-state index < -0.39 is 29.2 Å². The molecule has 2 aromatic rings. The summed E-state index contributed by atoms with van der Waals surface area (Å²) in [4.78, 5) is 52.7. The van der Waals surface area contributed by atoms with Crippen LogP contribution in [0.2, 0.25) is 0 Å². The summed E-state index contributed by atoms with van der Waals surface area (Å²) in [7, 11) is 1.28. The van der Waals surface area contributed by atoms with Crippen LogP contribution in [0.1, 0.15) is 16.3 Å². The predicted octanol–water partition coefficient (Wildman–Crippen LogP) is 0.644. The summed E-state index contributed by atoms with van der Waals surface area (Å²) in [5.41, 5.74) is 8.68. The first-order valence-corrected chi connectivity index (χ1v) is 12.2. The number of nitrogens with zero attached hydrogens (tertiary/aromatic N) is 4. The number of rotatable bonds is 7. The molecule has 1 saturated heterocycles. The number of carbonyl (C=O) groups excluding carboxylic acids is 2. The summed E-state index contributed by atoms with van der Waals surface area (Å²) in [6.45, 7) is 1.86. The Morgan fingerprint density at radius 3 is 2.74 bits per heavy atom. The number of thioether (sulfide) groups is 1. The Labute approximate surface area is 248 Å². The van der Waals surface area contributed by atoms with Crippen LogP contribution >= 0.6 is 34.4 Å². The van der Waals surface area contributed by atoms with Crippen molar-refractivity contribution >= 4 is 121 Å². The average Bonchev–Trinajstić information content (AvgIpc) is 3.40. The van der Waals surface area contributed by atoms with Gasteiger partial charge in [-0.1, -0.05) is 11.2 Å². The van der Waals surface area contributed by atoms with Crippen molar-refractivity contribution in [2.24, 2.45) is 5.16 Å². The van der Waals surface area contributed by atoms with Crippen LogP contribution in [0.3, 0.4) is 0 Å². The summed E-state index contributed by atoms with van der Waals surface area (Å²) in [6.07, 6.45) is 3.49. The summed E-state index contributed by atoms with van der Waals surface area (Å²) in [5, 5.41) is 17.4. The fourth-order valence-corrected chi connectivity index (χ4v) is 5.88. The van der Waals surface area contributed by atoms with Gasteiger partial charge in [0, 0.05) is 16.0 Å². The fraction of sp³-hybridized carbons (Fsp3) is 0.263. The van der Waals surface area contributed by atoms with Crippen molar-refractivity contribution in [2.45, 2.75) is 18.3 Å². The van der Waals surface area contributed by atoms with E-state index >= 15 is 0 Å². The molecule has 15 heteroatoms. The van der Waals surface area contributed by atoms with Crippen LogP contribution in [0.25, 0.3) is 6.08 Å². The van der Waals surface area contributed by atoms with Gasteiger partial charge in [-0.25, -0.2) is 14.8 Å². The van der Waals surface area contributed by atoms with Gasteiger partial charge in [-0.05, 0) is 18.6 Å². The number of nitrogens with one attached hydrogen (secondary N) is 1. The van der Waals surface area contributed by atoms with Gasteiger partial charge in [-0.15, -0.1) is 34.4 Å². The van der Waals surface area contributed by atoms with Crippen LogP contribution in [0.5, 0.6) is 0 Å². The molecule has 4 rings (SSSR count). The molecule has 0 unspecified atom stereocenters. The summed E-state index contributed by atoms with van der Waals surface area (Å²) in [5.74, 6) is -2.04. The van der Waals surface area contributed by atoms with Crippen molar-refractivity contribution < 1.29 is 24.3 Å². The number of amides is 2. The SMILES string of the molecule is CON=C(C(=O)N[C@@H]1C(=O)N2C(C(=O)O)=C(C=Cc3scnc3C)CS[C@H]12)c1csc(N)n1.[KH]. The van der Waals surface area contributed by atoms with Crippen LogP contribution in [0.15, 0.2) is 33.4 Å². The van der Waals surface area contributed by atoms with Gasteiger partial charge >= 0.3 is 57.4 Å². The first-order chi connectivity index (χ1) is 15.8. The van der Waals surface area contributed by atoms with Gasteiger partial charge in [0.25, 0.3) is 11.8 Å². The number of aromatic nitrogens is 2. The fourth-order valence-electron chi connectivity index (χ4n) is 3.32. The molecule has 2 aromatic heterocycles. The van der Waals surface area contributed by atoms with Crippen LogP contribution < -0.4 is 11.1 Å². The molecule has 2 amide bonds. The van der Waals surface area contributed by atoms with E-state index in [4.69, 9.17) is 10.6 Å². The van der Waals surface area contributed by atoms with Gasteiger partial charge in [0.15, 0.2) is 10.8 Å². The monoisotopic (exact) mass is 546 g/mol. The Bertz CT molecular complexity index is 1220. The second-order valence-corrected chi connectivity index (χ2v) is 9.75. The van der Waals surface area contributed by atoms with E-state index in [1.165, 1.54) is 35.1 Å². The number of aryl methyl sites for hydroxylation is 1. The Morgan fingerprint density at radius 2 is 2.15 bits per heavy atom. The zero-order valence-corrected chi connectivity index (χ0v) is 19.8. The Hall–Kier alpha value is -1.59. The number of carboxylic acids is 1. The molecule has 0 aliphatic carbocycles. The number of hydrogen-bond acceptors (Lipinski definition) is 11. The van der Waals surface area contributed by atoms with E-state index in [-0.39, 0.29) is 73.6 Å². The molecule has 4 N–H and O–H groups in total. The molecule has 2 aliphatic heterocycles. The van der Waals surface area contributed by atoms with Gasteiger partial charge in [0.05, 0.1) is 11.2 Å². The number of aliphatic carboxylic acids is 1. The van der Waals surface area contributed by atoms with Gasteiger partial charge in [-0.2, -0.15) is 0 Å². The number of hydrogen-bond donors (Lipinski definition) is 3. The van der Waals surface area contributed by atoms with Crippen molar-refractivity contribution in [3.63, 3.8) is 0 Å². The number of thiazole rings is 2. The third kappa shape index (κ3) is 5.30. The molecule has 11 nitrogen and oxygen atoms in total. The normalized spacial score (nSPS) is 20.0. The number of carbonyl (C=O) groups is 3. The van der Waals surface area contributed by atoms with Crippen LogP contribution in [-0.4, -0.2) is 119 Å². The molecule has 0 saturated carbocycles. The molecular weight excluding hydrogens is 528 g/mol. The summed E-state index contributed by atoms with van der Waals surface area (Å²) >= 11 is 3.94. The first kappa shape index (κ1) is 27.0. The van der Waals surface area contributed by atoms with Crippen LogP contribution in [0.4, 0.5) is 5.13 Å². The number of anilines is 1. The zero-order chi connectivity index (χ0) is 23.7. The van der Waals surface area contributed by atoms with Crippen LogP contribution in [-0.2, 0) is 19.2 Å². The van der Waals surface area contributed by atoms with Crippen molar-refractivity contribution in [2.75, 3.05) is 18.6 Å². The number of carboxylic acid groups (broad SMARTS) is 1. The second kappa shape index (κ2) is 11.4. The van der Waals surface area contributed by atoms with E-state index in [1.807, 2.05) is 6.92 Å². The molecule has 4 heterocycles. The van der Waals surface area contributed by atoms with E-state index in [0.717, 1.165) is 21.9 Å². The third-order valence-corrected chi connectivity index (χ3v) is 7.74. The number of allylic oxidation sites excluding steroid dienone is 1. The number of β-lactam (4-membered cyclic amide) rings is 1. The molecule has 2 aliphatic rings. The van der Waals surface area contributed by atoms with E-state index in [0.29, 0.717) is 11.3 Å².